The molecule has 3 heterocycles. The number of aliphatic hydroxyl groups excluding tert-OH is 8. The molecule has 0 saturated carbocycles. The van der Waals surface area contributed by atoms with Gasteiger partial charge in [0.05, 0.1) is 13.2 Å². The van der Waals surface area contributed by atoms with Crippen molar-refractivity contribution in [3.63, 3.8) is 0 Å². The quantitative estimate of drug-likeness (QED) is 0.130. The Morgan fingerprint density at radius 3 is 1.77 bits per heavy atom. The number of aromatic hydroxyl groups is 2. The molecule has 2 saturated heterocycles. The number of ether oxygens (including phenoxy) is 4. The van der Waals surface area contributed by atoms with E-state index in [1.54, 1.807) is 0 Å². The fourth-order valence-electron chi connectivity index (χ4n) is 4.83. The van der Waals surface area contributed by atoms with Crippen molar-refractivity contribution in [1.29, 1.82) is 0 Å². The van der Waals surface area contributed by atoms with Crippen LogP contribution in [-0.4, -0.2) is 126 Å². The minimum absolute atomic E-state index is 0.0721. The van der Waals surface area contributed by atoms with Gasteiger partial charge in [-0.1, -0.05) is 0 Å². The van der Waals surface area contributed by atoms with Gasteiger partial charge < -0.3 is 74.4 Å². The summed E-state index contributed by atoms with van der Waals surface area (Å²) in [5.74, 6) is -1.91. The number of aliphatic hydroxyl groups is 8. The lowest BCUT2D eigenvalue weighted by molar-refractivity contribution is -0.277. The van der Waals surface area contributed by atoms with E-state index in [0.29, 0.717) is 0 Å². The molecular weight excluding hydrogens is 580 g/mol. The maximum Gasteiger partial charge on any atom is 0.239 e. The molecule has 43 heavy (non-hydrogen) atoms. The number of benzene rings is 2. The van der Waals surface area contributed by atoms with Crippen molar-refractivity contribution in [1.82, 2.24) is 0 Å². The van der Waals surface area contributed by atoms with Gasteiger partial charge in [0.25, 0.3) is 0 Å². The number of hydrogen-bond acceptors (Lipinski definition) is 16. The van der Waals surface area contributed by atoms with Gasteiger partial charge in [0, 0.05) is 17.7 Å². The van der Waals surface area contributed by atoms with Crippen LogP contribution in [-0.2, 0) is 9.47 Å². The number of phenolic OH excluding ortho intramolecular Hbond substituents is 2. The predicted molar refractivity (Wildman–Crippen MR) is 140 cm³/mol. The Kier molecular flexibility index (Phi) is 8.77. The third-order valence-electron chi connectivity index (χ3n) is 7.22. The Hall–Kier alpha value is -3.55. The zero-order chi connectivity index (χ0) is 31.2. The lowest BCUT2D eigenvalue weighted by Crippen LogP contribution is -2.60. The maximum absolute atomic E-state index is 13.6. The largest absolute Gasteiger partial charge is 0.508 e. The molecule has 1 aromatic heterocycles. The van der Waals surface area contributed by atoms with Crippen LogP contribution in [0.25, 0.3) is 22.3 Å². The molecule has 2 unspecified atom stereocenters. The molecule has 0 amide bonds. The molecule has 10 N–H and O–H groups in total. The first kappa shape index (κ1) is 30.9. The zero-order valence-corrected chi connectivity index (χ0v) is 22.1. The SMILES string of the molecule is O=c1c(OC2O[C@H](CO)[C@@H](O)[C@H](O)[C@H]2O)c(-c2ccc(OC3O[C@H](CO)[C@@H](O)[C@H](O)[C@H]3O)cc2)oc2cc(O)cc(O)c12. The number of rotatable bonds is 7. The van der Waals surface area contributed by atoms with E-state index in [0.717, 1.165) is 12.1 Å². The summed E-state index contributed by atoms with van der Waals surface area (Å²) >= 11 is 0. The minimum Gasteiger partial charge on any atom is -0.508 e. The van der Waals surface area contributed by atoms with E-state index in [1.165, 1.54) is 24.3 Å². The highest BCUT2D eigenvalue weighted by Crippen LogP contribution is 2.38. The summed E-state index contributed by atoms with van der Waals surface area (Å²) < 4.78 is 27.7. The summed E-state index contributed by atoms with van der Waals surface area (Å²) in [5, 5.41) is 99.7. The molecular formula is C27H30O16. The van der Waals surface area contributed by atoms with Crippen LogP contribution < -0.4 is 14.9 Å². The average molecular weight is 611 g/mol. The van der Waals surface area contributed by atoms with Crippen molar-refractivity contribution in [3.8, 4) is 34.3 Å². The lowest BCUT2D eigenvalue weighted by atomic mass is 9.99. The van der Waals surface area contributed by atoms with Gasteiger partial charge in [-0.05, 0) is 24.3 Å². The van der Waals surface area contributed by atoms with Crippen molar-refractivity contribution in [2.24, 2.45) is 0 Å². The number of hydrogen-bond donors (Lipinski definition) is 10. The highest BCUT2D eigenvalue weighted by molar-refractivity contribution is 5.88. The van der Waals surface area contributed by atoms with E-state index in [4.69, 9.17) is 23.4 Å². The van der Waals surface area contributed by atoms with E-state index >= 15 is 0 Å². The van der Waals surface area contributed by atoms with Crippen molar-refractivity contribution < 1.29 is 74.4 Å². The topological polar surface area (TPSA) is 269 Å². The molecule has 2 aliphatic heterocycles. The lowest BCUT2D eigenvalue weighted by Gasteiger charge is -2.39. The molecule has 10 atom stereocenters. The van der Waals surface area contributed by atoms with Gasteiger partial charge in [-0.25, -0.2) is 0 Å². The highest BCUT2D eigenvalue weighted by atomic mass is 16.7. The molecule has 3 aromatic rings. The summed E-state index contributed by atoms with van der Waals surface area (Å²) in [5.41, 5.74) is -1.07. The normalized spacial score (nSPS) is 32.9. The van der Waals surface area contributed by atoms with Crippen LogP contribution in [0.15, 0.2) is 45.6 Å². The van der Waals surface area contributed by atoms with Gasteiger partial charge in [-0.15, -0.1) is 0 Å². The third-order valence-corrected chi connectivity index (χ3v) is 7.22. The van der Waals surface area contributed by atoms with Gasteiger partial charge in [-0.2, -0.15) is 0 Å². The van der Waals surface area contributed by atoms with Gasteiger partial charge in [-0.3, -0.25) is 4.79 Å². The van der Waals surface area contributed by atoms with Crippen LogP contribution in [0, 0.1) is 0 Å². The second-order valence-corrected chi connectivity index (χ2v) is 10.1. The van der Waals surface area contributed by atoms with E-state index in [-0.39, 0.29) is 22.7 Å². The minimum atomic E-state index is -1.89. The molecule has 0 radical (unpaired) electrons. The second-order valence-electron chi connectivity index (χ2n) is 10.1. The molecule has 234 valence electrons. The highest BCUT2D eigenvalue weighted by Gasteiger charge is 2.46. The van der Waals surface area contributed by atoms with Gasteiger partial charge >= 0.3 is 0 Å². The first-order valence-electron chi connectivity index (χ1n) is 13.0. The summed E-state index contributed by atoms with van der Waals surface area (Å²) in [6.45, 7) is -1.42. The first-order valence-corrected chi connectivity index (χ1v) is 13.0. The Bertz CT molecular complexity index is 1490. The monoisotopic (exact) mass is 610 g/mol. The van der Waals surface area contributed by atoms with Crippen molar-refractivity contribution >= 4 is 11.0 Å². The van der Waals surface area contributed by atoms with Gasteiger partial charge in [0.2, 0.25) is 23.8 Å². The smallest absolute Gasteiger partial charge is 0.239 e. The molecule has 2 aromatic carbocycles. The first-order chi connectivity index (χ1) is 20.4. The maximum atomic E-state index is 13.6. The Morgan fingerprint density at radius 2 is 1.23 bits per heavy atom. The van der Waals surface area contributed by atoms with Crippen LogP contribution in [0.4, 0.5) is 0 Å². The fourth-order valence-corrected chi connectivity index (χ4v) is 4.83. The molecule has 0 aliphatic carbocycles. The summed E-state index contributed by atoms with van der Waals surface area (Å²) in [4.78, 5) is 13.6. The molecule has 16 nitrogen and oxygen atoms in total. The van der Waals surface area contributed by atoms with Crippen molar-refractivity contribution in [3.05, 3.63) is 46.6 Å². The van der Waals surface area contributed by atoms with Gasteiger partial charge in [0.1, 0.15) is 77.0 Å². The molecule has 16 heteroatoms. The number of fused-ring (bicyclic) bond motifs is 1. The van der Waals surface area contributed by atoms with Crippen LogP contribution in [0.3, 0.4) is 0 Å². The Labute approximate surface area is 241 Å². The Morgan fingerprint density at radius 1 is 0.698 bits per heavy atom. The summed E-state index contributed by atoms with van der Waals surface area (Å²) in [6, 6.07) is 7.38. The number of phenols is 2. The van der Waals surface area contributed by atoms with Gasteiger partial charge in [0.15, 0.2) is 5.76 Å². The predicted octanol–water partition coefficient (Wildman–Crippen LogP) is -2.77. The van der Waals surface area contributed by atoms with E-state index in [1.807, 2.05) is 0 Å². The summed E-state index contributed by atoms with van der Waals surface area (Å²) in [7, 11) is 0. The van der Waals surface area contributed by atoms with Crippen LogP contribution in [0.5, 0.6) is 23.0 Å². The van der Waals surface area contributed by atoms with Crippen LogP contribution >= 0.6 is 0 Å². The Balaban J connectivity index is 1.51. The molecule has 5 rings (SSSR count). The van der Waals surface area contributed by atoms with E-state index < -0.39 is 103 Å². The second kappa shape index (κ2) is 12.2. The molecule has 2 fully saturated rings. The molecule has 2 aliphatic rings. The molecule has 0 spiro atoms. The van der Waals surface area contributed by atoms with Crippen molar-refractivity contribution in [2.45, 2.75) is 61.4 Å². The third kappa shape index (κ3) is 5.73. The summed E-state index contributed by atoms with van der Waals surface area (Å²) in [6.07, 6.45) is -16.2. The van der Waals surface area contributed by atoms with Crippen molar-refractivity contribution in [2.75, 3.05) is 13.2 Å². The zero-order valence-electron chi connectivity index (χ0n) is 22.1. The standard InChI is InChI=1S/C27H30O16/c28-7-14-17(32)20(35)22(37)26(41-14)39-11-3-1-9(2-4-11)24-25(19(34)16-12(31)5-10(30)6-13(16)40-24)43-27-23(38)21(36)18(33)15(8-29)42-27/h1-6,14-15,17-18,20-23,26-33,35-38H,7-8H2/t14-,15-,17-,18-,20+,21+,22-,23-,26?,27?/m1/s1. The van der Waals surface area contributed by atoms with Crippen LogP contribution in [0.1, 0.15) is 0 Å². The average Bonchev–Trinajstić information content (AvgIpc) is 2.98. The van der Waals surface area contributed by atoms with Crippen LogP contribution in [0.2, 0.25) is 0 Å². The van der Waals surface area contributed by atoms with E-state index in [9.17, 15) is 55.9 Å². The fraction of sp³-hybridized carbons (Fsp3) is 0.444. The molecule has 0 bridgehead atoms. The van der Waals surface area contributed by atoms with E-state index in [2.05, 4.69) is 0 Å².